The summed E-state index contributed by atoms with van der Waals surface area (Å²) in [5.74, 6) is -1.48. The van der Waals surface area contributed by atoms with Gasteiger partial charge in [0.1, 0.15) is 11.5 Å². The van der Waals surface area contributed by atoms with Crippen LogP contribution in [0.1, 0.15) is 12.5 Å². The van der Waals surface area contributed by atoms with E-state index in [1.54, 1.807) is 43.3 Å². The van der Waals surface area contributed by atoms with Gasteiger partial charge in [-0.3, -0.25) is 4.79 Å². The molecule has 0 bridgehead atoms. The maximum absolute atomic E-state index is 14.4. The number of carbonyl (C=O) groups is 2. The molecule has 144 valence electrons. The third kappa shape index (κ3) is 5.96. The molecule has 0 heterocycles. The molecule has 0 aliphatic rings. The van der Waals surface area contributed by atoms with E-state index in [1.165, 1.54) is 19.2 Å². The first-order valence-electron chi connectivity index (χ1n) is 8.13. The van der Waals surface area contributed by atoms with Crippen molar-refractivity contribution in [1.29, 1.82) is 0 Å². The molecule has 0 saturated heterocycles. The van der Waals surface area contributed by atoms with Gasteiger partial charge in [-0.25, -0.2) is 4.79 Å². The highest BCUT2D eigenvalue weighted by Crippen LogP contribution is 2.21. The SMILES string of the molecule is CCOC(=O)C(Oc1cccc(OC)c1)C(=O)N(F)Cc1ccc(Br)cc1. The molecule has 27 heavy (non-hydrogen) atoms. The summed E-state index contributed by atoms with van der Waals surface area (Å²) in [4.78, 5) is 24.6. The van der Waals surface area contributed by atoms with E-state index in [2.05, 4.69) is 15.9 Å². The third-order valence-electron chi connectivity index (χ3n) is 3.49. The van der Waals surface area contributed by atoms with Crippen molar-refractivity contribution in [1.82, 2.24) is 5.12 Å². The molecule has 2 aromatic carbocycles. The molecule has 0 fully saturated rings. The van der Waals surface area contributed by atoms with Crippen molar-refractivity contribution in [2.75, 3.05) is 13.7 Å². The van der Waals surface area contributed by atoms with E-state index in [0.29, 0.717) is 11.3 Å². The molecule has 0 spiro atoms. The monoisotopic (exact) mass is 439 g/mol. The number of methoxy groups -OCH3 is 1. The van der Waals surface area contributed by atoms with Crippen LogP contribution in [0.4, 0.5) is 4.48 Å². The van der Waals surface area contributed by atoms with Gasteiger partial charge in [0.25, 0.3) is 6.10 Å². The molecule has 2 rings (SSSR count). The van der Waals surface area contributed by atoms with Crippen LogP contribution < -0.4 is 9.47 Å². The minimum Gasteiger partial charge on any atom is -0.497 e. The number of hydrogen-bond donors (Lipinski definition) is 0. The second kappa shape index (κ2) is 9.91. The molecule has 0 aliphatic carbocycles. The highest BCUT2D eigenvalue weighted by molar-refractivity contribution is 9.10. The Hall–Kier alpha value is -2.61. The number of esters is 1. The summed E-state index contributed by atoms with van der Waals surface area (Å²) in [6.45, 7) is 1.28. The maximum atomic E-state index is 14.4. The van der Waals surface area contributed by atoms with Crippen LogP contribution >= 0.6 is 15.9 Å². The number of nitrogens with zero attached hydrogens (tertiary/aromatic N) is 1. The van der Waals surface area contributed by atoms with Crippen molar-refractivity contribution in [2.45, 2.75) is 19.6 Å². The number of amides is 1. The zero-order valence-corrected chi connectivity index (χ0v) is 16.4. The number of hydrogen-bond acceptors (Lipinski definition) is 5. The standard InChI is InChI=1S/C19H19BrFNO5/c1-3-26-19(24)17(27-16-6-4-5-15(11-16)25-2)18(23)22(21)12-13-7-9-14(20)10-8-13/h4-11,17H,3,12H2,1-2H3. The number of ether oxygens (including phenoxy) is 3. The Morgan fingerprint density at radius 3 is 2.44 bits per heavy atom. The average molecular weight is 440 g/mol. The molecule has 2 aromatic rings. The first kappa shape index (κ1) is 20.7. The molecule has 1 amide bonds. The lowest BCUT2D eigenvalue weighted by Crippen LogP contribution is -2.43. The molecule has 0 aromatic heterocycles. The highest BCUT2D eigenvalue weighted by atomic mass is 79.9. The van der Waals surface area contributed by atoms with Crippen LogP contribution in [0.5, 0.6) is 11.5 Å². The molecule has 0 N–H and O–H groups in total. The number of benzene rings is 2. The molecule has 1 unspecified atom stereocenters. The number of rotatable bonds is 8. The Morgan fingerprint density at radius 1 is 1.15 bits per heavy atom. The van der Waals surface area contributed by atoms with Crippen LogP contribution in [0.25, 0.3) is 0 Å². The molecular weight excluding hydrogens is 421 g/mol. The Kier molecular flexibility index (Phi) is 7.60. The van der Waals surface area contributed by atoms with Gasteiger partial charge in [-0.1, -0.05) is 38.6 Å². The van der Waals surface area contributed by atoms with E-state index in [9.17, 15) is 14.1 Å². The van der Waals surface area contributed by atoms with Crippen LogP contribution in [0, 0.1) is 0 Å². The van der Waals surface area contributed by atoms with Crippen molar-refractivity contribution >= 4 is 27.8 Å². The van der Waals surface area contributed by atoms with Crippen LogP contribution in [-0.4, -0.2) is 36.8 Å². The molecule has 0 aliphatic heterocycles. The van der Waals surface area contributed by atoms with Gasteiger partial charge in [0.2, 0.25) is 0 Å². The van der Waals surface area contributed by atoms with Crippen molar-refractivity contribution in [3.8, 4) is 11.5 Å². The van der Waals surface area contributed by atoms with Crippen molar-refractivity contribution < 1.29 is 28.3 Å². The second-order valence-electron chi connectivity index (χ2n) is 5.41. The van der Waals surface area contributed by atoms with E-state index in [1.807, 2.05) is 0 Å². The summed E-state index contributed by atoms with van der Waals surface area (Å²) in [5.41, 5.74) is 0.554. The topological polar surface area (TPSA) is 65.1 Å². The number of halogens is 2. The summed E-state index contributed by atoms with van der Waals surface area (Å²) in [5, 5.41) is -0.0645. The molecule has 8 heteroatoms. The summed E-state index contributed by atoms with van der Waals surface area (Å²) >= 11 is 3.28. The smallest absolute Gasteiger partial charge is 0.357 e. The molecule has 0 saturated carbocycles. The minimum absolute atomic E-state index is 0.0308. The number of carbonyl (C=O) groups excluding carboxylic acids is 2. The predicted octanol–water partition coefficient (Wildman–Crippen LogP) is 3.68. The van der Waals surface area contributed by atoms with Crippen LogP contribution in [0.15, 0.2) is 53.0 Å². The average Bonchev–Trinajstić information content (AvgIpc) is 2.67. The Balaban J connectivity index is 2.16. The summed E-state index contributed by atoms with van der Waals surface area (Å²) < 4.78 is 30.6. The van der Waals surface area contributed by atoms with Gasteiger partial charge >= 0.3 is 11.9 Å². The minimum atomic E-state index is -1.77. The fourth-order valence-electron chi connectivity index (χ4n) is 2.18. The lowest BCUT2D eigenvalue weighted by atomic mass is 10.2. The van der Waals surface area contributed by atoms with E-state index in [-0.39, 0.29) is 24.0 Å². The van der Waals surface area contributed by atoms with Gasteiger partial charge in [0.15, 0.2) is 0 Å². The van der Waals surface area contributed by atoms with E-state index in [4.69, 9.17) is 14.2 Å². The van der Waals surface area contributed by atoms with Gasteiger partial charge in [0, 0.05) is 10.5 Å². The fraction of sp³-hybridized carbons (Fsp3) is 0.263. The van der Waals surface area contributed by atoms with Crippen molar-refractivity contribution in [3.05, 3.63) is 58.6 Å². The molecule has 1 atom stereocenters. The lowest BCUT2D eigenvalue weighted by molar-refractivity contribution is -0.168. The van der Waals surface area contributed by atoms with Gasteiger partial charge in [-0.15, -0.1) is 0 Å². The van der Waals surface area contributed by atoms with E-state index < -0.39 is 18.0 Å². The van der Waals surface area contributed by atoms with Crippen molar-refractivity contribution in [3.63, 3.8) is 0 Å². The predicted molar refractivity (Wildman–Crippen MR) is 99.8 cm³/mol. The lowest BCUT2D eigenvalue weighted by Gasteiger charge is -2.20. The first-order chi connectivity index (χ1) is 12.9. The van der Waals surface area contributed by atoms with Gasteiger partial charge in [0.05, 0.1) is 20.3 Å². The highest BCUT2D eigenvalue weighted by Gasteiger charge is 2.35. The maximum Gasteiger partial charge on any atom is 0.357 e. The van der Waals surface area contributed by atoms with E-state index in [0.717, 1.165) is 4.47 Å². The van der Waals surface area contributed by atoms with Crippen LogP contribution in [0.3, 0.4) is 0 Å². The Morgan fingerprint density at radius 2 is 1.81 bits per heavy atom. The van der Waals surface area contributed by atoms with Crippen LogP contribution in [0.2, 0.25) is 0 Å². The zero-order valence-electron chi connectivity index (χ0n) is 14.9. The van der Waals surface area contributed by atoms with Crippen molar-refractivity contribution in [2.24, 2.45) is 0 Å². The van der Waals surface area contributed by atoms with Crippen LogP contribution in [-0.2, 0) is 20.9 Å². The van der Waals surface area contributed by atoms with Gasteiger partial charge in [-0.05, 0) is 36.8 Å². The third-order valence-corrected chi connectivity index (χ3v) is 4.02. The molecular formula is C19H19BrFNO5. The summed E-state index contributed by atoms with van der Waals surface area (Å²) in [6.07, 6.45) is -1.77. The Bertz CT molecular complexity index is 784. The normalized spacial score (nSPS) is 11.4. The van der Waals surface area contributed by atoms with E-state index >= 15 is 0 Å². The summed E-state index contributed by atoms with van der Waals surface area (Å²) in [6, 6.07) is 13.1. The Labute approximate surface area is 164 Å². The first-order valence-corrected chi connectivity index (χ1v) is 8.92. The quantitative estimate of drug-likeness (QED) is 0.356. The fourth-order valence-corrected chi connectivity index (χ4v) is 2.45. The summed E-state index contributed by atoms with van der Waals surface area (Å²) in [7, 11) is 1.47. The zero-order chi connectivity index (χ0) is 19.8. The molecule has 6 nitrogen and oxygen atoms in total. The van der Waals surface area contributed by atoms with Gasteiger partial charge < -0.3 is 14.2 Å². The molecule has 0 radical (unpaired) electrons. The second-order valence-corrected chi connectivity index (χ2v) is 6.33. The van der Waals surface area contributed by atoms with Gasteiger partial charge in [-0.2, -0.15) is 5.12 Å². The largest absolute Gasteiger partial charge is 0.497 e.